The molecule has 1 aromatic rings. The first-order chi connectivity index (χ1) is 4.43. The number of hydrogen-bond acceptors (Lipinski definition) is 1. The zero-order valence-electron chi connectivity index (χ0n) is 6.47. The fourth-order valence-corrected chi connectivity index (χ4v) is 1.56. The number of hydrogen-bond donors (Lipinski definition) is 0. The Labute approximate surface area is 83.6 Å². The van der Waals surface area contributed by atoms with E-state index in [1.54, 1.807) is 0 Å². The van der Waals surface area contributed by atoms with Crippen LogP contribution in [0.25, 0.3) is 0 Å². The summed E-state index contributed by atoms with van der Waals surface area (Å²) in [6.45, 7) is 2.23. The van der Waals surface area contributed by atoms with Gasteiger partial charge in [0.2, 0.25) is 0 Å². The van der Waals surface area contributed by atoms with Gasteiger partial charge in [0, 0.05) is 4.88 Å². The van der Waals surface area contributed by atoms with Crippen LogP contribution in [0, 0.1) is 0 Å². The Morgan fingerprint density at radius 1 is 1.50 bits per heavy atom. The van der Waals surface area contributed by atoms with Crippen molar-refractivity contribution in [1.29, 1.82) is 0 Å². The number of unbranched alkanes of at least 4 members (excludes halogenated alkanes) is 1. The maximum absolute atomic E-state index is 2.23. The van der Waals surface area contributed by atoms with Gasteiger partial charge in [0.15, 0.2) is 0 Å². The molecule has 1 aromatic heterocycles. The Hall–Kier alpha value is 0.499. The van der Waals surface area contributed by atoms with Crippen molar-refractivity contribution in [1.82, 2.24) is 0 Å². The van der Waals surface area contributed by atoms with Crippen molar-refractivity contribution in [2.24, 2.45) is 0 Å². The summed E-state index contributed by atoms with van der Waals surface area (Å²) in [7, 11) is 0. The van der Waals surface area contributed by atoms with Crippen LogP contribution in [-0.4, -0.2) is 23.9 Å². The number of rotatable bonds is 3. The minimum absolute atomic E-state index is 0. The van der Waals surface area contributed by atoms with Crippen LogP contribution in [0.5, 0.6) is 0 Å². The third-order valence-electron chi connectivity index (χ3n) is 1.36. The van der Waals surface area contributed by atoms with E-state index in [4.69, 9.17) is 0 Å². The van der Waals surface area contributed by atoms with E-state index in [1.807, 2.05) is 11.3 Å². The first-order valence-corrected chi connectivity index (χ1v) is 4.34. The predicted octanol–water partition coefficient (Wildman–Crippen LogP) is 2.17. The summed E-state index contributed by atoms with van der Waals surface area (Å²) in [5.74, 6) is 0. The zero-order valence-corrected chi connectivity index (χ0v) is 11.3. The first kappa shape index (κ1) is 10.5. The second-order valence-corrected chi connectivity index (χ2v) is 3.22. The van der Waals surface area contributed by atoms with E-state index in [1.165, 1.54) is 24.1 Å². The summed E-state index contributed by atoms with van der Waals surface area (Å²) in [5.41, 5.74) is 0. The van der Waals surface area contributed by atoms with Gasteiger partial charge in [0.05, 0.1) is 0 Å². The van der Waals surface area contributed by atoms with Gasteiger partial charge < -0.3 is 0 Å². The van der Waals surface area contributed by atoms with Crippen LogP contribution in [0.4, 0.5) is 0 Å². The molecule has 0 nitrogen and oxygen atoms in total. The molecule has 56 valence electrons. The van der Waals surface area contributed by atoms with E-state index in [9.17, 15) is 0 Å². The molecule has 0 fully saturated rings. The van der Waals surface area contributed by atoms with Gasteiger partial charge in [-0.05, 0) is 24.3 Å². The monoisotopic (exact) mass is 262 g/mol. The van der Waals surface area contributed by atoms with Crippen LogP contribution in [0.3, 0.4) is 0 Å². The second-order valence-electron chi connectivity index (χ2n) is 2.18. The van der Waals surface area contributed by atoms with Crippen molar-refractivity contribution in [2.75, 3.05) is 0 Å². The Morgan fingerprint density at radius 2 is 2.30 bits per heavy atom. The van der Waals surface area contributed by atoms with Gasteiger partial charge in [-0.15, -0.1) is 11.3 Å². The molecule has 1 heterocycles. The van der Waals surface area contributed by atoms with Crippen LogP contribution in [-0.2, 0) is 6.42 Å². The number of thiophene rings is 1. The van der Waals surface area contributed by atoms with Crippen LogP contribution in [0.15, 0.2) is 17.5 Å². The molecule has 0 aliphatic rings. The molecule has 0 N–H and O–H groups in total. The average Bonchev–Trinajstić information content (AvgIpc) is 2.34. The van der Waals surface area contributed by atoms with Gasteiger partial charge in [-0.25, -0.2) is 0 Å². The maximum atomic E-state index is 2.23. The molecule has 2 radical (unpaired) electrons. The van der Waals surface area contributed by atoms with Crippen LogP contribution < -0.4 is 0 Å². The van der Waals surface area contributed by atoms with Gasteiger partial charge in [-0.1, -0.05) is 19.4 Å². The van der Waals surface area contributed by atoms with Crippen LogP contribution in [0.1, 0.15) is 24.6 Å². The molecule has 0 aromatic carbocycles. The third-order valence-corrected chi connectivity index (χ3v) is 2.29. The molecule has 0 saturated heterocycles. The minimum atomic E-state index is 0. The second kappa shape index (κ2) is 6.22. The molecular weight excluding hydrogens is 247 g/mol. The Balaban J connectivity index is 0.000000810. The van der Waals surface area contributed by atoms with Gasteiger partial charge >= 0.3 is 23.9 Å². The summed E-state index contributed by atoms with van der Waals surface area (Å²) >= 11 is 1.86. The molecule has 10 heavy (non-hydrogen) atoms. The van der Waals surface area contributed by atoms with Crippen molar-refractivity contribution in [3.05, 3.63) is 22.4 Å². The van der Waals surface area contributed by atoms with E-state index in [0.717, 1.165) is 0 Å². The molecule has 0 saturated carbocycles. The summed E-state index contributed by atoms with van der Waals surface area (Å²) in [6, 6.07) is 4.33. The summed E-state index contributed by atoms with van der Waals surface area (Å²) in [5, 5.41) is 2.14. The van der Waals surface area contributed by atoms with Crippen molar-refractivity contribution < 1.29 is 0 Å². The first-order valence-electron chi connectivity index (χ1n) is 3.46. The quantitative estimate of drug-likeness (QED) is 0.731. The molecule has 0 aliphatic heterocycles. The van der Waals surface area contributed by atoms with Crippen LogP contribution in [0.2, 0.25) is 0 Å². The fraction of sp³-hybridized carbons (Fsp3) is 0.500. The van der Waals surface area contributed by atoms with Crippen molar-refractivity contribution in [3.8, 4) is 0 Å². The molecule has 0 unspecified atom stereocenters. The zero-order chi connectivity index (χ0) is 6.53. The topological polar surface area (TPSA) is 0 Å². The Bertz CT molecular complexity index is 146. The standard InChI is InChI=1S/C8H12S.Sn.2H/c1-2-3-5-8-6-4-7-9-8;;;/h4,6-7H,2-3,5H2,1H3;;;. The molecule has 0 amide bonds. The molecule has 0 aliphatic carbocycles. The van der Waals surface area contributed by atoms with Gasteiger partial charge in [0.1, 0.15) is 0 Å². The van der Waals surface area contributed by atoms with Crippen molar-refractivity contribution in [3.63, 3.8) is 0 Å². The third kappa shape index (κ3) is 3.61. The molecular formula is C8H14SSn. The molecule has 1 rings (SSSR count). The normalized spacial score (nSPS) is 8.90. The van der Waals surface area contributed by atoms with E-state index in [0.29, 0.717) is 0 Å². The predicted molar refractivity (Wildman–Crippen MR) is 51.5 cm³/mol. The Kier molecular flexibility index (Phi) is 6.53. The van der Waals surface area contributed by atoms with Crippen molar-refractivity contribution >= 4 is 35.2 Å². The van der Waals surface area contributed by atoms with Gasteiger partial charge in [-0.2, -0.15) is 0 Å². The number of aryl methyl sites for hydroxylation is 1. The molecule has 0 atom stereocenters. The molecule has 0 bridgehead atoms. The summed E-state index contributed by atoms with van der Waals surface area (Å²) < 4.78 is 0. The Morgan fingerprint density at radius 3 is 2.80 bits per heavy atom. The van der Waals surface area contributed by atoms with E-state index in [2.05, 4.69) is 24.4 Å². The fourth-order valence-electron chi connectivity index (χ4n) is 0.806. The summed E-state index contributed by atoms with van der Waals surface area (Å²) in [6.07, 6.45) is 3.91. The van der Waals surface area contributed by atoms with Gasteiger partial charge in [0.25, 0.3) is 0 Å². The van der Waals surface area contributed by atoms with Crippen LogP contribution >= 0.6 is 11.3 Å². The van der Waals surface area contributed by atoms with Crippen molar-refractivity contribution in [2.45, 2.75) is 26.2 Å². The van der Waals surface area contributed by atoms with Gasteiger partial charge in [-0.3, -0.25) is 0 Å². The summed E-state index contributed by atoms with van der Waals surface area (Å²) in [4.78, 5) is 1.52. The van der Waals surface area contributed by atoms with E-state index >= 15 is 0 Å². The van der Waals surface area contributed by atoms with E-state index < -0.39 is 0 Å². The van der Waals surface area contributed by atoms with E-state index in [-0.39, 0.29) is 23.9 Å². The SMILES string of the molecule is CCCCc1cccs1.[SnH2]. The molecule has 2 heteroatoms. The average molecular weight is 261 g/mol. The molecule has 0 spiro atoms.